The van der Waals surface area contributed by atoms with Crippen molar-refractivity contribution in [1.29, 1.82) is 0 Å². The van der Waals surface area contributed by atoms with Crippen LogP contribution in [0.2, 0.25) is 5.02 Å². The minimum atomic E-state index is -0.912. The van der Waals surface area contributed by atoms with Gasteiger partial charge in [0.25, 0.3) is 5.56 Å². The number of hydrogen-bond donors (Lipinski definition) is 0. The van der Waals surface area contributed by atoms with Crippen molar-refractivity contribution >= 4 is 23.6 Å². The number of rotatable bonds is 3. The van der Waals surface area contributed by atoms with Gasteiger partial charge in [-0.15, -0.1) is 0 Å². The van der Waals surface area contributed by atoms with Crippen molar-refractivity contribution in [2.45, 2.75) is 5.92 Å². The van der Waals surface area contributed by atoms with Crippen LogP contribution in [0.15, 0.2) is 32.9 Å². The van der Waals surface area contributed by atoms with Gasteiger partial charge < -0.3 is 4.74 Å². The number of benzene rings is 1. The Bertz CT molecular complexity index is 1030. The Morgan fingerprint density at radius 1 is 1.23 bits per heavy atom. The molecule has 26 heavy (non-hydrogen) atoms. The van der Waals surface area contributed by atoms with Crippen molar-refractivity contribution in [3.05, 3.63) is 49.8 Å². The standard InChI is InChI=1S/C16H16ClN5O4/c1-20-8-12(23)10(7-18-20)14-15(24)22(16(25)21(2)19-14)9-4-5-13(26-3)11(17)6-9/h4-7,10H,8H2,1-3H3. The Hall–Kier alpha value is -2.94. The lowest BCUT2D eigenvalue weighted by atomic mass is 10.0. The summed E-state index contributed by atoms with van der Waals surface area (Å²) in [7, 11) is 4.52. The average Bonchev–Trinajstić information content (AvgIpc) is 2.59. The van der Waals surface area contributed by atoms with Crippen molar-refractivity contribution in [3.8, 4) is 11.4 Å². The largest absolute Gasteiger partial charge is 0.495 e. The summed E-state index contributed by atoms with van der Waals surface area (Å²) in [5.74, 6) is -0.734. The van der Waals surface area contributed by atoms with Crippen molar-refractivity contribution in [2.24, 2.45) is 12.1 Å². The molecule has 1 aliphatic rings. The van der Waals surface area contributed by atoms with Gasteiger partial charge >= 0.3 is 5.69 Å². The summed E-state index contributed by atoms with van der Waals surface area (Å²) >= 11 is 6.11. The van der Waals surface area contributed by atoms with Crippen LogP contribution in [-0.4, -0.2) is 52.1 Å². The Morgan fingerprint density at radius 3 is 2.58 bits per heavy atom. The number of hydrazone groups is 1. The van der Waals surface area contributed by atoms with E-state index in [0.29, 0.717) is 5.75 Å². The van der Waals surface area contributed by atoms with Crippen LogP contribution >= 0.6 is 11.6 Å². The zero-order chi connectivity index (χ0) is 19.0. The van der Waals surface area contributed by atoms with Crippen LogP contribution < -0.4 is 16.0 Å². The van der Waals surface area contributed by atoms with Crippen LogP contribution in [0.5, 0.6) is 5.75 Å². The number of carbonyl (C=O) groups is 1. The first-order valence-corrected chi connectivity index (χ1v) is 8.03. The van der Waals surface area contributed by atoms with Crippen LogP contribution in [0.4, 0.5) is 0 Å². The number of methoxy groups -OCH3 is 1. The highest BCUT2D eigenvalue weighted by Gasteiger charge is 2.29. The van der Waals surface area contributed by atoms with Crippen molar-refractivity contribution in [3.63, 3.8) is 0 Å². The topological polar surface area (TPSA) is 98.8 Å². The van der Waals surface area contributed by atoms with E-state index in [9.17, 15) is 14.4 Å². The zero-order valence-corrected chi connectivity index (χ0v) is 15.1. The molecule has 1 unspecified atom stereocenters. The number of aromatic nitrogens is 3. The first-order valence-electron chi connectivity index (χ1n) is 7.65. The van der Waals surface area contributed by atoms with Crippen LogP contribution in [-0.2, 0) is 11.8 Å². The molecule has 1 aromatic carbocycles. The maximum Gasteiger partial charge on any atom is 0.351 e. The number of aryl methyl sites for hydroxylation is 1. The van der Waals surface area contributed by atoms with Gasteiger partial charge in [-0.25, -0.2) is 14.0 Å². The molecule has 136 valence electrons. The Kier molecular flexibility index (Phi) is 4.64. The molecule has 0 radical (unpaired) electrons. The van der Waals surface area contributed by atoms with Crippen LogP contribution in [0.1, 0.15) is 11.6 Å². The summed E-state index contributed by atoms with van der Waals surface area (Å²) in [6.45, 7) is 0.0551. The van der Waals surface area contributed by atoms with Gasteiger partial charge in [0, 0.05) is 20.3 Å². The highest BCUT2D eigenvalue weighted by Crippen LogP contribution is 2.25. The molecule has 0 saturated heterocycles. The molecule has 0 fully saturated rings. The summed E-state index contributed by atoms with van der Waals surface area (Å²) in [5, 5.41) is 9.75. The summed E-state index contributed by atoms with van der Waals surface area (Å²) < 4.78 is 7.01. The van der Waals surface area contributed by atoms with Gasteiger partial charge in [-0.2, -0.15) is 10.2 Å². The van der Waals surface area contributed by atoms with E-state index in [1.54, 1.807) is 13.1 Å². The van der Waals surface area contributed by atoms with Crippen molar-refractivity contribution < 1.29 is 9.53 Å². The van der Waals surface area contributed by atoms with Gasteiger partial charge in [0.1, 0.15) is 17.4 Å². The molecule has 1 atom stereocenters. The zero-order valence-electron chi connectivity index (χ0n) is 14.3. The number of halogens is 1. The Morgan fingerprint density at radius 2 is 1.96 bits per heavy atom. The molecule has 1 aliphatic heterocycles. The lowest BCUT2D eigenvalue weighted by Crippen LogP contribution is -2.44. The van der Waals surface area contributed by atoms with Gasteiger partial charge in [0.15, 0.2) is 5.78 Å². The van der Waals surface area contributed by atoms with Gasteiger partial charge in [-0.1, -0.05) is 11.6 Å². The molecule has 2 aromatic rings. The summed E-state index contributed by atoms with van der Waals surface area (Å²) in [4.78, 5) is 37.7. The van der Waals surface area contributed by atoms with Gasteiger partial charge in [0.05, 0.1) is 24.4 Å². The second kappa shape index (κ2) is 6.75. The highest BCUT2D eigenvalue weighted by atomic mass is 35.5. The number of Topliss-reactive ketones (excluding diaryl/α,β-unsaturated/α-hetero) is 1. The highest BCUT2D eigenvalue weighted by molar-refractivity contribution is 6.32. The predicted octanol–water partition coefficient (Wildman–Crippen LogP) is 0.177. The van der Waals surface area contributed by atoms with Gasteiger partial charge in [0.2, 0.25) is 0 Å². The van der Waals surface area contributed by atoms with Gasteiger partial charge in [-0.3, -0.25) is 14.6 Å². The van der Waals surface area contributed by atoms with Crippen molar-refractivity contribution in [1.82, 2.24) is 19.4 Å². The maximum atomic E-state index is 12.9. The molecule has 9 nitrogen and oxygen atoms in total. The molecular weight excluding hydrogens is 362 g/mol. The molecular formula is C16H16ClN5O4. The lowest BCUT2D eigenvalue weighted by molar-refractivity contribution is -0.120. The molecule has 0 aliphatic carbocycles. The fourth-order valence-electron chi connectivity index (χ4n) is 2.66. The first-order chi connectivity index (χ1) is 12.3. The third kappa shape index (κ3) is 3.01. The minimum absolute atomic E-state index is 0.0551. The van der Waals surface area contributed by atoms with Crippen LogP contribution in [0.3, 0.4) is 0 Å². The van der Waals surface area contributed by atoms with E-state index in [4.69, 9.17) is 16.3 Å². The monoisotopic (exact) mass is 377 g/mol. The van der Waals surface area contributed by atoms with Gasteiger partial charge in [-0.05, 0) is 18.2 Å². The molecule has 3 rings (SSSR count). The Balaban J connectivity index is 2.22. The normalized spacial score (nSPS) is 16.8. The first kappa shape index (κ1) is 17.9. The van der Waals surface area contributed by atoms with E-state index in [1.807, 2.05) is 0 Å². The van der Waals surface area contributed by atoms with Crippen molar-refractivity contribution in [2.75, 3.05) is 20.7 Å². The van der Waals surface area contributed by atoms with E-state index in [-0.39, 0.29) is 28.7 Å². The van der Waals surface area contributed by atoms with E-state index in [1.165, 1.54) is 37.5 Å². The number of ketones is 1. The molecule has 0 amide bonds. The molecule has 2 heterocycles. The van der Waals surface area contributed by atoms with E-state index < -0.39 is 17.2 Å². The molecule has 10 heteroatoms. The predicted molar refractivity (Wildman–Crippen MR) is 95.5 cm³/mol. The fraction of sp³-hybridized carbons (Fsp3) is 0.312. The number of ether oxygens (including phenoxy) is 1. The fourth-order valence-corrected chi connectivity index (χ4v) is 2.91. The molecule has 0 N–H and O–H groups in total. The maximum absolute atomic E-state index is 12.9. The summed E-state index contributed by atoms with van der Waals surface area (Å²) in [5.41, 5.74) is -1.16. The third-order valence-corrected chi connectivity index (χ3v) is 4.28. The number of likely N-dealkylation sites (N-methyl/N-ethyl adjacent to an activating group) is 1. The number of hydrogen-bond acceptors (Lipinski definition) is 7. The smallest absolute Gasteiger partial charge is 0.351 e. The number of nitrogens with zero attached hydrogens (tertiary/aromatic N) is 5. The quantitative estimate of drug-likeness (QED) is 0.756. The third-order valence-electron chi connectivity index (χ3n) is 3.98. The van der Waals surface area contributed by atoms with E-state index in [0.717, 1.165) is 9.25 Å². The molecule has 0 bridgehead atoms. The second-order valence-electron chi connectivity index (χ2n) is 5.78. The second-order valence-corrected chi connectivity index (χ2v) is 6.18. The SMILES string of the molecule is COc1ccc(-n2c(=O)c(C3C=NN(C)CC3=O)nn(C)c2=O)cc1Cl. The van der Waals surface area contributed by atoms with Crippen LogP contribution in [0.25, 0.3) is 5.69 Å². The van der Waals surface area contributed by atoms with E-state index in [2.05, 4.69) is 10.2 Å². The molecule has 1 aromatic heterocycles. The van der Waals surface area contributed by atoms with Crippen LogP contribution in [0, 0.1) is 0 Å². The number of carbonyl (C=O) groups excluding carboxylic acids is 1. The Labute approximate surface area is 153 Å². The summed E-state index contributed by atoms with van der Waals surface area (Å²) in [6, 6.07) is 4.52. The van der Waals surface area contributed by atoms with E-state index >= 15 is 0 Å². The summed E-state index contributed by atoms with van der Waals surface area (Å²) in [6.07, 6.45) is 1.35. The molecule has 0 saturated carbocycles. The minimum Gasteiger partial charge on any atom is -0.495 e. The molecule has 0 spiro atoms. The lowest BCUT2D eigenvalue weighted by Gasteiger charge is -2.21. The average molecular weight is 378 g/mol.